The van der Waals surface area contributed by atoms with E-state index >= 15 is 0 Å². The van der Waals surface area contributed by atoms with Crippen molar-refractivity contribution in [3.63, 3.8) is 0 Å². The molecular formula is C10H10BrFN4O2S. The van der Waals surface area contributed by atoms with Gasteiger partial charge in [0.15, 0.2) is 16.6 Å². The molecule has 1 unspecified atom stereocenters. The number of hydroxylamine groups is 1. The van der Waals surface area contributed by atoms with Gasteiger partial charge in [0.1, 0.15) is 6.17 Å². The maximum absolute atomic E-state index is 13.2. The lowest BCUT2D eigenvalue weighted by atomic mass is 10.1. The molecule has 0 amide bonds. The highest BCUT2D eigenvalue weighted by Gasteiger charge is 2.18. The van der Waals surface area contributed by atoms with Crippen LogP contribution in [0.1, 0.15) is 12.1 Å². The van der Waals surface area contributed by atoms with Crippen LogP contribution in [0.5, 0.6) is 0 Å². The van der Waals surface area contributed by atoms with E-state index in [1.54, 1.807) is 12.3 Å². The lowest BCUT2D eigenvalue weighted by molar-refractivity contribution is 0.233. The highest BCUT2D eigenvalue weighted by molar-refractivity contribution is 9.11. The molecule has 0 saturated carbocycles. The van der Waals surface area contributed by atoms with Crippen LogP contribution in [0, 0.1) is 0 Å². The topological polar surface area (TPSA) is 83.5 Å². The van der Waals surface area contributed by atoms with Gasteiger partial charge in [0, 0.05) is 10.9 Å². The van der Waals surface area contributed by atoms with Gasteiger partial charge < -0.3 is 0 Å². The SMILES string of the molecule is CSc1nonc1C(=NC1=CCC(F)C(Br)=C1)NO. The molecule has 0 bridgehead atoms. The average molecular weight is 349 g/mol. The van der Waals surface area contributed by atoms with E-state index in [1.807, 2.05) is 5.48 Å². The molecular weight excluding hydrogens is 339 g/mol. The van der Waals surface area contributed by atoms with Crippen LogP contribution in [0.25, 0.3) is 0 Å². The van der Waals surface area contributed by atoms with Gasteiger partial charge in [-0.15, -0.1) is 11.8 Å². The first-order chi connectivity index (χ1) is 9.15. The molecule has 102 valence electrons. The van der Waals surface area contributed by atoms with E-state index in [0.29, 0.717) is 20.9 Å². The van der Waals surface area contributed by atoms with Crippen LogP contribution in [0.15, 0.2) is 37.0 Å². The molecule has 0 aromatic carbocycles. The third-order valence-corrected chi connectivity index (χ3v) is 3.72. The number of nitrogens with one attached hydrogen (secondary N) is 1. The van der Waals surface area contributed by atoms with Crippen molar-refractivity contribution in [2.75, 3.05) is 6.26 Å². The molecule has 0 fully saturated rings. The number of halogens is 2. The van der Waals surface area contributed by atoms with Gasteiger partial charge in [-0.05, 0) is 22.6 Å². The summed E-state index contributed by atoms with van der Waals surface area (Å²) in [5.41, 5.74) is 2.75. The van der Waals surface area contributed by atoms with E-state index in [4.69, 9.17) is 5.21 Å². The Morgan fingerprint density at radius 3 is 3.11 bits per heavy atom. The van der Waals surface area contributed by atoms with E-state index in [9.17, 15) is 4.39 Å². The van der Waals surface area contributed by atoms with Crippen molar-refractivity contribution in [3.8, 4) is 0 Å². The number of rotatable bonds is 3. The molecule has 1 aliphatic carbocycles. The Labute approximate surface area is 120 Å². The van der Waals surface area contributed by atoms with Gasteiger partial charge in [-0.2, -0.15) is 0 Å². The minimum absolute atomic E-state index is 0.0886. The fraction of sp³-hybridized carbons (Fsp3) is 0.300. The minimum Gasteiger partial charge on any atom is -0.290 e. The number of aliphatic imine (C=N–C) groups is 1. The monoisotopic (exact) mass is 348 g/mol. The molecule has 1 heterocycles. The molecule has 1 atom stereocenters. The number of alkyl halides is 1. The van der Waals surface area contributed by atoms with Crippen molar-refractivity contribution in [1.82, 2.24) is 15.8 Å². The Balaban J connectivity index is 2.31. The van der Waals surface area contributed by atoms with Crippen molar-refractivity contribution in [1.29, 1.82) is 0 Å². The van der Waals surface area contributed by atoms with Gasteiger partial charge >= 0.3 is 0 Å². The summed E-state index contributed by atoms with van der Waals surface area (Å²) in [6.07, 6.45) is 4.12. The smallest absolute Gasteiger partial charge is 0.186 e. The molecule has 0 aliphatic heterocycles. The summed E-state index contributed by atoms with van der Waals surface area (Å²) in [4.78, 5) is 4.16. The average Bonchev–Trinajstić information content (AvgIpc) is 2.88. The number of allylic oxidation sites excluding steroid dienone is 3. The molecule has 1 aliphatic rings. The lowest BCUT2D eigenvalue weighted by Gasteiger charge is -2.11. The summed E-state index contributed by atoms with van der Waals surface area (Å²) in [6.45, 7) is 0. The summed E-state index contributed by atoms with van der Waals surface area (Å²) in [6, 6.07) is 0. The van der Waals surface area contributed by atoms with E-state index in [0.717, 1.165) is 0 Å². The van der Waals surface area contributed by atoms with Gasteiger partial charge in [-0.3, -0.25) is 10.7 Å². The van der Waals surface area contributed by atoms with Crippen LogP contribution in [-0.2, 0) is 0 Å². The number of hydrogen-bond acceptors (Lipinski definition) is 6. The third kappa shape index (κ3) is 3.23. The summed E-state index contributed by atoms with van der Waals surface area (Å²) in [5.74, 6) is 0.0886. The minimum atomic E-state index is -1.06. The Morgan fingerprint density at radius 2 is 2.47 bits per heavy atom. The highest BCUT2D eigenvalue weighted by atomic mass is 79.9. The van der Waals surface area contributed by atoms with Crippen molar-refractivity contribution < 1.29 is 14.2 Å². The number of aromatic nitrogens is 2. The van der Waals surface area contributed by atoms with Crippen molar-refractivity contribution >= 4 is 33.5 Å². The van der Waals surface area contributed by atoms with E-state index < -0.39 is 6.17 Å². The highest BCUT2D eigenvalue weighted by Crippen LogP contribution is 2.26. The third-order valence-electron chi connectivity index (χ3n) is 2.34. The molecule has 9 heteroatoms. The summed E-state index contributed by atoms with van der Waals surface area (Å²) in [5, 5.41) is 17.0. The summed E-state index contributed by atoms with van der Waals surface area (Å²) in [7, 11) is 0. The Hall–Kier alpha value is -1.19. The van der Waals surface area contributed by atoms with Gasteiger partial charge in [-0.1, -0.05) is 22.0 Å². The van der Waals surface area contributed by atoms with Crippen LogP contribution in [0.2, 0.25) is 0 Å². The summed E-state index contributed by atoms with van der Waals surface area (Å²) < 4.78 is 18.2. The van der Waals surface area contributed by atoms with E-state index in [2.05, 4.69) is 35.9 Å². The number of hydrogen-bond donors (Lipinski definition) is 2. The van der Waals surface area contributed by atoms with Crippen molar-refractivity contribution in [2.45, 2.75) is 17.6 Å². The largest absolute Gasteiger partial charge is 0.290 e. The Bertz CT molecular complexity index is 557. The molecule has 1 aromatic rings. The standard InChI is InChI=1S/C10H10BrFN4O2S/c1-19-10-8(15-18-16-10)9(14-17)13-5-2-3-7(12)6(11)4-5/h2,4,7,17H,3H2,1H3,(H,13,14). The van der Waals surface area contributed by atoms with Gasteiger partial charge in [0.25, 0.3) is 0 Å². The van der Waals surface area contributed by atoms with Crippen LogP contribution in [0.4, 0.5) is 4.39 Å². The van der Waals surface area contributed by atoms with Gasteiger partial charge in [-0.25, -0.2) is 14.0 Å². The second-order valence-corrected chi connectivity index (χ2v) is 5.27. The molecule has 19 heavy (non-hydrogen) atoms. The van der Waals surface area contributed by atoms with Crippen LogP contribution in [-0.4, -0.2) is 33.8 Å². The quantitative estimate of drug-likeness (QED) is 0.377. The van der Waals surface area contributed by atoms with Crippen molar-refractivity contribution in [2.24, 2.45) is 4.99 Å². The maximum Gasteiger partial charge on any atom is 0.186 e. The maximum atomic E-state index is 13.2. The molecule has 6 nitrogen and oxygen atoms in total. The predicted molar refractivity (Wildman–Crippen MR) is 72.1 cm³/mol. The molecule has 0 saturated heterocycles. The fourth-order valence-electron chi connectivity index (χ4n) is 1.42. The number of amidine groups is 1. The second-order valence-electron chi connectivity index (χ2n) is 3.56. The number of thioether (sulfide) groups is 1. The van der Waals surface area contributed by atoms with Crippen molar-refractivity contribution in [3.05, 3.63) is 28.0 Å². The van der Waals surface area contributed by atoms with Crippen LogP contribution >= 0.6 is 27.7 Å². The first-order valence-corrected chi connectivity index (χ1v) is 7.24. The van der Waals surface area contributed by atoms with Gasteiger partial charge in [0.05, 0.1) is 5.70 Å². The van der Waals surface area contributed by atoms with E-state index in [-0.39, 0.29) is 12.3 Å². The normalized spacial score (nSPS) is 20.0. The Kier molecular flexibility index (Phi) is 4.72. The van der Waals surface area contributed by atoms with Crippen LogP contribution in [0.3, 0.4) is 0 Å². The molecule has 0 spiro atoms. The fourth-order valence-corrected chi connectivity index (χ4v) is 2.28. The zero-order chi connectivity index (χ0) is 13.8. The zero-order valence-corrected chi connectivity index (χ0v) is 12.2. The molecule has 2 N–H and O–H groups in total. The Morgan fingerprint density at radius 1 is 1.68 bits per heavy atom. The van der Waals surface area contributed by atoms with Crippen LogP contribution < -0.4 is 5.48 Å². The molecule has 0 radical (unpaired) electrons. The lowest BCUT2D eigenvalue weighted by Crippen LogP contribution is -2.22. The predicted octanol–water partition coefficient (Wildman–Crippen LogP) is 2.42. The zero-order valence-electron chi connectivity index (χ0n) is 9.80. The first kappa shape index (κ1) is 14.2. The second kappa shape index (κ2) is 6.31. The number of nitrogens with zero attached hydrogens (tertiary/aromatic N) is 3. The van der Waals surface area contributed by atoms with Gasteiger partial charge in [0.2, 0.25) is 0 Å². The summed E-state index contributed by atoms with van der Waals surface area (Å²) >= 11 is 4.43. The van der Waals surface area contributed by atoms with E-state index in [1.165, 1.54) is 17.8 Å². The molecule has 1 aromatic heterocycles. The molecule has 2 rings (SSSR count). The first-order valence-electron chi connectivity index (χ1n) is 5.22.